The summed E-state index contributed by atoms with van der Waals surface area (Å²) in [6.45, 7) is 4.79. The molecule has 0 aliphatic carbocycles. The molecule has 1 unspecified atom stereocenters. The van der Waals surface area contributed by atoms with Crippen LogP contribution in [0.2, 0.25) is 0 Å². The van der Waals surface area contributed by atoms with Gasteiger partial charge in [-0.1, -0.05) is 6.08 Å². The molecule has 1 fully saturated rings. The molecule has 84 valence electrons. The first-order valence-corrected chi connectivity index (χ1v) is 5.00. The van der Waals surface area contributed by atoms with Crippen molar-refractivity contribution in [2.45, 2.75) is 18.9 Å². The van der Waals surface area contributed by atoms with Crippen molar-refractivity contribution < 1.29 is 14.7 Å². The Kier molecular flexibility index (Phi) is 4.30. The molecule has 1 saturated heterocycles. The van der Waals surface area contributed by atoms with Gasteiger partial charge >= 0.3 is 5.97 Å². The third-order valence-electron chi connectivity index (χ3n) is 2.42. The summed E-state index contributed by atoms with van der Waals surface area (Å²) in [6, 6.07) is -0.636. The van der Waals surface area contributed by atoms with Gasteiger partial charge in [0.1, 0.15) is 6.04 Å². The van der Waals surface area contributed by atoms with E-state index in [0.717, 1.165) is 6.42 Å². The molecule has 1 rings (SSSR count). The van der Waals surface area contributed by atoms with E-state index in [9.17, 15) is 9.59 Å². The Balaban J connectivity index is 2.43. The molecule has 1 amide bonds. The minimum atomic E-state index is -0.912. The first-order valence-electron chi connectivity index (χ1n) is 5.00. The van der Waals surface area contributed by atoms with E-state index >= 15 is 0 Å². The highest BCUT2D eigenvalue weighted by molar-refractivity contribution is 5.85. The Labute approximate surface area is 88.8 Å². The average Bonchev–Trinajstić information content (AvgIpc) is 2.66. The summed E-state index contributed by atoms with van der Waals surface area (Å²) in [5, 5.41) is 11.7. The fraction of sp³-hybridized carbons (Fsp3) is 0.600. The van der Waals surface area contributed by atoms with E-state index in [1.54, 1.807) is 6.08 Å². The van der Waals surface area contributed by atoms with Gasteiger partial charge in [-0.05, 0) is 12.8 Å². The number of carbonyl (C=O) groups excluding carboxylic acids is 1. The van der Waals surface area contributed by atoms with Gasteiger partial charge in [-0.15, -0.1) is 6.58 Å². The molecule has 1 heterocycles. The first-order chi connectivity index (χ1) is 7.16. The Morgan fingerprint density at radius 1 is 1.60 bits per heavy atom. The van der Waals surface area contributed by atoms with Gasteiger partial charge in [0, 0.05) is 13.1 Å². The highest BCUT2D eigenvalue weighted by Gasteiger charge is 2.33. The van der Waals surface area contributed by atoms with Crippen LogP contribution in [0.5, 0.6) is 0 Å². The van der Waals surface area contributed by atoms with E-state index in [1.807, 2.05) is 0 Å². The third-order valence-corrected chi connectivity index (χ3v) is 2.42. The quantitative estimate of drug-likeness (QED) is 0.490. The van der Waals surface area contributed by atoms with Crippen molar-refractivity contribution in [3.05, 3.63) is 12.7 Å². The Morgan fingerprint density at radius 2 is 2.33 bits per heavy atom. The number of carboxylic acid groups (broad SMARTS) is 1. The molecule has 1 atom stereocenters. The molecule has 5 nitrogen and oxygen atoms in total. The maximum atomic E-state index is 11.6. The Bertz CT molecular complexity index is 265. The lowest BCUT2D eigenvalue weighted by Crippen LogP contribution is -2.44. The van der Waals surface area contributed by atoms with Gasteiger partial charge in [0.15, 0.2) is 0 Å². The number of carbonyl (C=O) groups is 2. The van der Waals surface area contributed by atoms with Crippen molar-refractivity contribution in [1.29, 1.82) is 0 Å². The molecular weight excluding hydrogens is 196 g/mol. The largest absolute Gasteiger partial charge is 0.480 e. The number of aliphatic carboxylic acids is 1. The van der Waals surface area contributed by atoms with Gasteiger partial charge in [0.05, 0.1) is 6.54 Å². The molecule has 0 aromatic rings. The number of hydrogen-bond acceptors (Lipinski definition) is 3. The Morgan fingerprint density at radius 3 is 2.93 bits per heavy atom. The summed E-state index contributed by atoms with van der Waals surface area (Å²) >= 11 is 0. The fourth-order valence-electron chi connectivity index (χ4n) is 1.70. The van der Waals surface area contributed by atoms with E-state index in [2.05, 4.69) is 11.9 Å². The van der Waals surface area contributed by atoms with Crippen LogP contribution in [0, 0.1) is 0 Å². The SMILES string of the molecule is C=CCNCC(=O)N1CCCC1C(=O)O. The molecule has 1 aliphatic heterocycles. The summed E-state index contributed by atoms with van der Waals surface area (Å²) in [7, 11) is 0. The molecule has 0 aromatic carbocycles. The highest BCUT2D eigenvalue weighted by atomic mass is 16.4. The fourth-order valence-corrected chi connectivity index (χ4v) is 1.70. The number of amides is 1. The van der Waals surface area contributed by atoms with Crippen molar-refractivity contribution in [2.75, 3.05) is 19.6 Å². The number of carboxylic acids is 1. The summed E-state index contributed by atoms with van der Waals surface area (Å²) in [5.74, 6) is -1.06. The highest BCUT2D eigenvalue weighted by Crippen LogP contribution is 2.16. The van der Waals surface area contributed by atoms with Gasteiger partial charge in [0.25, 0.3) is 0 Å². The smallest absolute Gasteiger partial charge is 0.326 e. The van der Waals surface area contributed by atoms with E-state index < -0.39 is 12.0 Å². The van der Waals surface area contributed by atoms with Crippen LogP contribution in [0.25, 0.3) is 0 Å². The minimum Gasteiger partial charge on any atom is -0.480 e. The van der Waals surface area contributed by atoms with Gasteiger partial charge in [-0.2, -0.15) is 0 Å². The average molecular weight is 212 g/mol. The van der Waals surface area contributed by atoms with Crippen molar-refractivity contribution in [2.24, 2.45) is 0 Å². The zero-order chi connectivity index (χ0) is 11.3. The molecule has 0 bridgehead atoms. The number of hydrogen-bond donors (Lipinski definition) is 2. The first kappa shape index (κ1) is 11.7. The standard InChI is InChI=1S/C10H16N2O3/c1-2-5-11-7-9(13)12-6-3-4-8(12)10(14)15/h2,8,11H,1,3-7H2,(H,14,15). The van der Waals surface area contributed by atoms with Crippen molar-refractivity contribution in [3.8, 4) is 0 Å². The minimum absolute atomic E-state index is 0.151. The van der Waals surface area contributed by atoms with Gasteiger partial charge in [-0.25, -0.2) is 4.79 Å². The number of rotatable bonds is 5. The number of nitrogens with zero attached hydrogens (tertiary/aromatic N) is 1. The molecule has 0 aromatic heterocycles. The van der Waals surface area contributed by atoms with Crippen LogP contribution in [0.3, 0.4) is 0 Å². The molecule has 15 heavy (non-hydrogen) atoms. The normalized spacial score (nSPS) is 20.3. The van der Waals surface area contributed by atoms with Crippen LogP contribution in [0.1, 0.15) is 12.8 Å². The summed E-state index contributed by atoms with van der Waals surface area (Å²) < 4.78 is 0. The molecule has 1 aliphatic rings. The molecule has 2 N–H and O–H groups in total. The van der Waals surface area contributed by atoms with Crippen LogP contribution in [-0.2, 0) is 9.59 Å². The van der Waals surface area contributed by atoms with E-state index in [0.29, 0.717) is 19.5 Å². The van der Waals surface area contributed by atoms with Crippen LogP contribution in [-0.4, -0.2) is 47.6 Å². The Hall–Kier alpha value is -1.36. The van der Waals surface area contributed by atoms with E-state index in [-0.39, 0.29) is 12.5 Å². The summed E-state index contributed by atoms with van der Waals surface area (Å²) in [5.41, 5.74) is 0. The van der Waals surface area contributed by atoms with Crippen LogP contribution < -0.4 is 5.32 Å². The number of likely N-dealkylation sites (tertiary alicyclic amines) is 1. The number of nitrogens with one attached hydrogen (secondary N) is 1. The maximum Gasteiger partial charge on any atom is 0.326 e. The molecular formula is C10H16N2O3. The third kappa shape index (κ3) is 3.06. The lowest BCUT2D eigenvalue weighted by Gasteiger charge is -2.21. The molecule has 0 radical (unpaired) electrons. The lowest BCUT2D eigenvalue weighted by atomic mass is 10.2. The van der Waals surface area contributed by atoms with E-state index in [1.165, 1.54) is 4.90 Å². The topological polar surface area (TPSA) is 69.6 Å². The zero-order valence-electron chi connectivity index (χ0n) is 8.61. The summed E-state index contributed by atoms with van der Waals surface area (Å²) in [6.07, 6.45) is 2.98. The van der Waals surface area contributed by atoms with Crippen LogP contribution in [0.15, 0.2) is 12.7 Å². The monoisotopic (exact) mass is 212 g/mol. The van der Waals surface area contributed by atoms with Gasteiger partial charge < -0.3 is 15.3 Å². The van der Waals surface area contributed by atoms with Crippen LogP contribution >= 0.6 is 0 Å². The van der Waals surface area contributed by atoms with Gasteiger partial charge in [0.2, 0.25) is 5.91 Å². The predicted molar refractivity (Wildman–Crippen MR) is 55.4 cm³/mol. The van der Waals surface area contributed by atoms with E-state index in [4.69, 9.17) is 5.11 Å². The lowest BCUT2D eigenvalue weighted by molar-refractivity contribution is -0.147. The van der Waals surface area contributed by atoms with Crippen molar-refractivity contribution in [3.63, 3.8) is 0 Å². The molecule has 0 saturated carbocycles. The zero-order valence-corrected chi connectivity index (χ0v) is 8.61. The second-order valence-electron chi connectivity index (χ2n) is 3.50. The second-order valence-corrected chi connectivity index (χ2v) is 3.50. The molecule has 0 spiro atoms. The second kappa shape index (κ2) is 5.50. The molecule has 5 heteroatoms. The predicted octanol–water partition coefficient (Wildman–Crippen LogP) is -0.162. The summed E-state index contributed by atoms with van der Waals surface area (Å²) in [4.78, 5) is 23.8. The van der Waals surface area contributed by atoms with Crippen molar-refractivity contribution >= 4 is 11.9 Å². The maximum absolute atomic E-state index is 11.6. The van der Waals surface area contributed by atoms with Crippen LogP contribution in [0.4, 0.5) is 0 Å². The van der Waals surface area contributed by atoms with Gasteiger partial charge in [-0.3, -0.25) is 4.79 Å². The van der Waals surface area contributed by atoms with Crippen molar-refractivity contribution in [1.82, 2.24) is 10.2 Å².